The van der Waals surface area contributed by atoms with Crippen molar-refractivity contribution < 1.29 is 0 Å². The first-order valence-electron chi connectivity index (χ1n) is 3.54. The standard InChI is InChI=1S/C6H5Cl.C3H4N2/c7-6-4-2-1-3-5-6;1-2-4-5-3-1/h1-5H;1-3H,(H,4,5). The van der Waals surface area contributed by atoms with E-state index >= 15 is 0 Å². The van der Waals surface area contributed by atoms with Gasteiger partial charge in [0.1, 0.15) is 0 Å². The molecular weight excluding hydrogens is 172 g/mol. The van der Waals surface area contributed by atoms with E-state index in [1.807, 2.05) is 36.4 Å². The van der Waals surface area contributed by atoms with E-state index in [1.54, 1.807) is 12.4 Å². The van der Waals surface area contributed by atoms with Crippen LogP contribution in [0.2, 0.25) is 5.02 Å². The van der Waals surface area contributed by atoms with Crippen LogP contribution in [0.5, 0.6) is 0 Å². The van der Waals surface area contributed by atoms with Gasteiger partial charge in [0, 0.05) is 17.4 Å². The quantitative estimate of drug-likeness (QED) is 0.664. The third kappa shape index (κ3) is 3.78. The zero-order valence-electron chi connectivity index (χ0n) is 6.44. The van der Waals surface area contributed by atoms with Crippen molar-refractivity contribution in [1.29, 1.82) is 0 Å². The highest BCUT2D eigenvalue weighted by atomic mass is 35.5. The molecule has 0 saturated carbocycles. The fraction of sp³-hybridized carbons (Fsp3) is 0. The number of hydrogen-bond donors (Lipinski definition) is 1. The first kappa shape index (κ1) is 8.81. The lowest BCUT2D eigenvalue weighted by atomic mass is 10.4. The van der Waals surface area contributed by atoms with E-state index in [1.165, 1.54) is 0 Å². The van der Waals surface area contributed by atoms with Crippen LogP contribution in [0, 0.1) is 0 Å². The molecule has 0 saturated heterocycles. The summed E-state index contributed by atoms with van der Waals surface area (Å²) in [5.41, 5.74) is 0. The Morgan fingerprint density at radius 1 is 1.08 bits per heavy atom. The number of hydrogen-bond acceptors (Lipinski definition) is 1. The van der Waals surface area contributed by atoms with Crippen molar-refractivity contribution in [3.8, 4) is 0 Å². The molecule has 12 heavy (non-hydrogen) atoms. The summed E-state index contributed by atoms with van der Waals surface area (Å²) in [6, 6.07) is 11.3. The fourth-order valence-electron chi connectivity index (χ4n) is 0.630. The molecule has 0 aliphatic rings. The van der Waals surface area contributed by atoms with E-state index in [9.17, 15) is 0 Å². The number of aromatic amines is 1. The van der Waals surface area contributed by atoms with Crippen molar-refractivity contribution in [1.82, 2.24) is 10.2 Å². The van der Waals surface area contributed by atoms with Crippen LogP contribution in [-0.2, 0) is 0 Å². The second kappa shape index (κ2) is 5.38. The Bertz CT molecular complexity index is 261. The molecule has 0 bridgehead atoms. The van der Waals surface area contributed by atoms with E-state index in [-0.39, 0.29) is 0 Å². The van der Waals surface area contributed by atoms with Crippen LogP contribution in [0.15, 0.2) is 48.8 Å². The molecule has 0 spiro atoms. The Morgan fingerprint density at radius 3 is 2.08 bits per heavy atom. The predicted molar refractivity (Wildman–Crippen MR) is 50.0 cm³/mol. The van der Waals surface area contributed by atoms with Crippen LogP contribution in [-0.4, -0.2) is 10.2 Å². The summed E-state index contributed by atoms with van der Waals surface area (Å²) in [5.74, 6) is 0. The number of benzene rings is 1. The molecule has 2 nitrogen and oxygen atoms in total. The molecule has 2 aromatic rings. The Hall–Kier alpha value is -1.28. The van der Waals surface area contributed by atoms with Gasteiger partial charge in [0.05, 0.1) is 0 Å². The molecule has 0 aliphatic heterocycles. The van der Waals surface area contributed by atoms with Crippen molar-refractivity contribution in [3.63, 3.8) is 0 Å². The minimum absolute atomic E-state index is 0.794. The minimum atomic E-state index is 0.794. The molecular formula is C9H9ClN2. The second-order valence-corrected chi connectivity index (χ2v) is 2.50. The third-order valence-corrected chi connectivity index (χ3v) is 1.39. The van der Waals surface area contributed by atoms with Gasteiger partial charge in [-0.3, -0.25) is 5.10 Å². The van der Waals surface area contributed by atoms with E-state index in [4.69, 9.17) is 11.6 Å². The molecule has 3 heteroatoms. The zero-order valence-corrected chi connectivity index (χ0v) is 7.20. The summed E-state index contributed by atoms with van der Waals surface area (Å²) in [6.45, 7) is 0. The lowest BCUT2D eigenvalue weighted by molar-refractivity contribution is 1.09. The molecule has 0 atom stereocenters. The number of rotatable bonds is 0. The van der Waals surface area contributed by atoms with Gasteiger partial charge in [-0.25, -0.2) is 0 Å². The largest absolute Gasteiger partial charge is 0.286 e. The molecule has 1 aromatic heterocycles. The maximum Gasteiger partial charge on any atom is 0.0487 e. The van der Waals surface area contributed by atoms with Gasteiger partial charge in [-0.15, -0.1) is 0 Å². The van der Waals surface area contributed by atoms with Gasteiger partial charge in [0.25, 0.3) is 0 Å². The van der Waals surface area contributed by atoms with E-state index in [0.717, 1.165) is 5.02 Å². The second-order valence-electron chi connectivity index (χ2n) is 2.06. The Labute approximate surface area is 76.2 Å². The maximum atomic E-state index is 5.54. The zero-order chi connectivity index (χ0) is 8.65. The SMILES string of the molecule is Clc1ccccc1.c1cn[nH]c1. The Morgan fingerprint density at radius 2 is 1.83 bits per heavy atom. The third-order valence-electron chi connectivity index (χ3n) is 1.14. The van der Waals surface area contributed by atoms with Crippen molar-refractivity contribution in [3.05, 3.63) is 53.8 Å². The van der Waals surface area contributed by atoms with Crippen LogP contribution >= 0.6 is 11.6 Å². The predicted octanol–water partition coefficient (Wildman–Crippen LogP) is 2.75. The highest BCUT2D eigenvalue weighted by molar-refractivity contribution is 6.30. The fourth-order valence-corrected chi connectivity index (χ4v) is 0.775. The smallest absolute Gasteiger partial charge is 0.0487 e. The van der Waals surface area contributed by atoms with Gasteiger partial charge >= 0.3 is 0 Å². The summed E-state index contributed by atoms with van der Waals surface area (Å²) in [6.07, 6.45) is 3.46. The number of nitrogens with zero attached hydrogens (tertiary/aromatic N) is 1. The van der Waals surface area contributed by atoms with Gasteiger partial charge < -0.3 is 0 Å². The summed E-state index contributed by atoms with van der Waals surface area (Å²) >= 11 is 5.54. The first-order chi connectivity index (χ1) is 5.89. The van der Waals surface area contributed by atoms with Crippen LogP contribution in [0.3, 0.4) is 0 Å². The summed E-state index contributed by atoms with van der Waals surface area (Å²) in [5, 5.41) is 7.00. The topological polar surface area (TPSA) is 28.7 Å². The van der Waals surface area contributed by atoms with Gasteiger partial charge in [0.15, 0.2) is 0 Å². The summed E-state index contributed by atoms with van der Waals surface area (Å²) in [7, 11) is 0. The van der Waals surface area contributed by atoms with Crippen LogP contribution in [0.25, 0.3) is 0 Å². The van der Waals surface area contributed by atoms with Crippen molar-refractivity contribution >= 4 is 11.6 Å². The average molecular weight is 181 g/mol. The van der Waals surface area contributed by atoms with Crippen molar-refractivity contribution in [2.75, 3.05) is 0 Å². The molecule has 62 valence electrons. The minimum Gasteiger partial charge on any atom is -0.286 e. The molecule has 0 fully saturated rings. The van der Waals surface area contributed by atoms with E-state index < -0.39 is 0 Å². The summed E-state index contributed by atoms with van der Waals surface area (Å²) in [4.78, 5) is 0. The molecule has 1 aromatic carbocycles. The normalized spacial score (nSPS) is 8.42. The van der Waals surface area contributed by atoms with E-state index in [2.05, 4.69) is 10.2 Å². The average Bonchev–Trinajstić information content (AvgIpc) is 2.62. The maximum absolute atomic E-state index is 5.54. The van der Waals surface area contributed by atoms with Crippen LogP contribution in [0.1, 0.15) is 0 Å². The van der Waals surface area contributed by atoms with Crippen LogP contribution in [0.4, 0.5) is 0 Å². The molecule has 1 N–H and O–H groups in total. The molecule has 0 amide bonds. The Kier molecular flexibility index (Phi) is 3.95. The lowest BCUT2D eigenvalue weighted by Crippen LogP contribution is -1.55. The molecule has 0 aliphatic carbocycles. The molecule has 0 radical (unpaired) electrons. The number of H-pyrrole nitrogens is 1. The Balaban J connectivity index is 0.000000127. The van der Waals surface area contributed by atoms with Gasteiger partial charge in [-0.05, 0) is 18.2 Å². The van der Waals surface area contributed by atoms with Crippen LogP contribution < -0.4 is 0 Å². The van der Waals surface area contributed by atoms with Crippen molar-refractivity contribution in [2.45, 2.75) is 0 Å². The van der Waals surface area contributed by atoms with Crippen molar-refractivity contribution in [2.24, 2.45) is 0 Å². The summed E-state index contributed by atoms with van der Waals surface area (Å²) < 4.78 is 0. The molecule has 2 rings (SSSR count). The highest BCUT2D eigenvalue weighted by Gasteiger charge is 1.74. The number of nitrogens with one attached hydrogen (secondary N) is 1. The number of aromatic nitrogens is 2. The van der Waals surface area contributed by atoms with E-state index in [0.29, 0.717) is 0 Å². The van der Waals surface area contributed by atoms with Gasteiger partial charge in [-0.1, -0.05) is 29.8 Å². The van der Waals surface area contributed by atoms with Gasteiger partial charge in [-0.2, -0.15) is 5.10 Å². The number of halogens is 1. The van der Waals surface area contributed by atoms with Gasteiger partial charge in [0.2, 0.25) is 0 Å². The lowest BCUT2D eigenvalue weighted by Gasteiger charge is -1.80. The highest BCUT2D eigenvalue weighted by Crippen LogP contribution is 2.03. The molecule has 0 unspecified atom stereocenters. The first-order valence-corrected chi connectivity index (χ1v) is 3.91. The molecule has 1 heterocycles. The monoisotopic (exact) mass is 180 g/mol.